The number of benzene rings is 2. The van der Waals surface area contributed by atoms with E-state index in [4.69, 9.17) is 12.2 Å². The van der Waals surface area contributed by atoms with E-state index in [0.29, 0.717) is 11.3 Å². The van der Waals surface area contributed by atoms with E-state index < -0.39 is 4.92 Å². The van der Waals surface area contributed by atoms with Crippen molar-refractivity contribution in [3.8, 4) is 0 Å². The number of nitrogens with zero attached hydrogens (tertiary/aromatic N) is 1. The summed E-state index contributed by atoms with van der Waals surface area (Å²) in [6.07, 6.45) is 0. The van der Waals surface area contributed by atoms with Crippen molar-refractivity contribution in [3.05, 3.63) is 64.0 Å². The number of anilines is 2. The van der Waals surface area contributed by atoms with Crippen molar-refractivity contribution in [2.75, 3.05) is 10.7 Å². The third-order valence-corrected chi connectivity index (χ3v) is 3.05. The van der Waals surface area contributed by atoms with Crippen LogP contribution in [0.25, 0.3) is 0 Å². The summed E-state index contributed by atoms with van der Waals surface area (Å²) in [6.45, 7) is 1.66. The molecule has 6 nitrogen and oxygen atoms in total. The monoisotopic (exact) mass is 320 g/mol. The quantitative estimate of drug-likeness (QED) is 0.455. The van der Waals surface area contributed by atoms with Crippen LogP contribution in [0, 0.1) is 22.9 Å². The van der Waals surface area contributed by atoms with Crippen LogP contribution in [-0.2, 0) is 0 Å². The lowest BCUT2D eigenvalue weighted by Crippen LogP contribution is -2.33. The molecule has 22 heavy (non-hydrogen) atoms. The number of nitro benzene ring substituents is 1. The lowest BCUT2D eigenvalue weighted by molar-refractivity contribution is -0.384. The molecule has 0 aliphatic heterocycles. The van der Waals surface area contributed by atoms with Crippen LogP contribution in [0.15, 0.2) is 42.5 Å². The minimum absolute atomic E-state index is 0.0841. The molecule has 0 heterocycles. The van der Waals surface area contributed by atoms with Crippen molar-refractivity contribution >= 4 is 34.4 Å². The SMILES string of the molecule is Cc1ccc(NC(=S)NNc2ccccc2[N+](=O)[O-])cc1F. The number of hydrogen-bond donors (Lipinski definition) is 3. The Labute approximate surface area is 131 Å². The topological polar surface area (TPSA) is 79.2 Å². The molecule has 0 aliphatic carbocycles. The van der Waals surface area contributed by atoms with Crippen LogP contribution in [0.3, 0.4) is 0 Å². The molecule has 0 fully saturated rings. The molecular weight excluding hydrogens is 307 g/mol. The molecule has 0 bridgehead atoms. The second-order valence-electron chi connectivity index (χ2n) is 4.44. The maximum atomic E-state index is 13.4. The fraction of sp³-hybridized carbons (Fsp3) is 0.0714. The predicted octanol–water partition coefficient (Wildman–Crippen LogP) is 3.36. The van der Waals surface area contributed by atoms with Gasteiger partial charge in [0.2, 0.25) is 0 Å². The van der Waals surface area contributed by atoms with Crippen LogP contribution >= 0.6 is 12.2 Å². The lowest BCUT2D eigenvalue weighted by atomic mass is 10.2. The second kappa shape index (κ2) is 6.81. The highest BCUT2D eigenvalue weighted by molar-refractivity contribution is 7.80. The number of nitro groups is 1. The summed E-state index contributed by atoms with van der Waals surface area (Å²) in [5, 5.41) is 13.8. The van der Waals surface area contributed by atoms with Crippen molar-refractivity contribution in [2.45, 2.75) is 6.92 Å². The summed E-state index contributed by atoms with van der Waals surface area (Å²) >= 11 is 5.04. The van der Waals surface area contributed by atoms with Gasteiger partial charge >= 0.3 is 0 Å². The van der Waals surface area contributed by atoms with Gasteiger partial charge in [0.25, 0.3) is 5.69 Å². The minimum atomic E-state index is -0.504. The number of halogens is 1. The standard InChI is InChI=1S/C14H13FN4O2S/c1-9-6-7-10(8-11(9)15)16-14(22)18-17-12-4-2-3-5-13(12)19(20)21/h2-8,17H,1H3,(H2,16,18,22). The van der Waals surface area contributed by atoms with Crippen LogP contribution in [0.5, 0.6) is 0 Å². The Balaban J connectivity index is 1.98. The summed E-state index contributed by atoms with van der Waals surface area (Å²) in [5.41, 5.74) is 6.46. The van der Waals surface area contributed by atoms with E-state index in [1.54, 1.807) is 37.3 Å². The van der Waals surface area contributed by atoms with Crippen molar-refractivity contribution in [1.29, 1.82) is 0 Å². The Morgan fingerprint density at radius 1 is 1.27 bits per heavy atom. The Kier molecular flexibility index (Phi) is 4.84. The third-order valence-electron chi connectivity index (χ3n) is 2.84. The van der Waals surface area contributed by atoms with Gasteiger partial charge in [-0.3, -0.25) is 21.0 Å². The molecule has 0 aromatic heterocycles. The van der Waals surface area contributed by atoms with Gasteiger partial charge in [0.15, 0.2) is 5.11 Å². The predicted molar refractivity (Wildman–Crippen MR) is 87.2 cm³/mol. The van der Waals surface area contributed by atoms with E-state index >= 15 is 0 Å². The first-order chi connectivity index (χ1) is 10.5. The van der Waals surface area contributed by atoms with E-state index in [9.17, 15) is 14.5 Å². The van der Waals surface area contributed by atoms with Gasteiger partial charge in [-0.2, -0.15) is 0 Å². The molecule has 8 heteroatoms. The third kappa shape index (κ3) is 3.89. The maximum absolute atomic E-state index is 13.4. The van der Waals surface area contributed by atoms with E-state index in [2.05, 4.69) is 16.2 Å². The highest BCUT2D eigenvalue weighted by Crippen LogP contribution is 2.22. The smallest absolute Gasteiger partial charge is 0.294 e. The molecule has 2 rings (SSSR count). The fourth-order valence-electron chi connectivity index (χ4n) is 1.70. The summed E-state index contributed by atoms with van der Waals surface area (Å²) in [5.74, 6) is -0.348. The zero-order chi connectivity index (χ0) is 16.1. The average Bonchev–Trinajstić information content (AvgIpc) is 2.49. The molecular formula is C14H13FN4O2S. The lowest BCUT2D eigenvalue weighted by Gasteiger charge is -2.13. The number of nitrogens with one attached hydrogen (secondary N) is 3. The highest BCUT2D eigenvalue weighted by atomic mass is 32.1. The van der Waals surface area contributed by atoms with Crippen LogP contribution in [0.2, 0.25) is 0 Å². The fourth-order valence-corrected chi connectivity index (χ4v) is 1.86. The van der Waals surface area contributed by atoms with E-state index in [1.807, 2.05) is 0 Å². The molecule has 0 amide bonds. The van der Waals surface area contributed by atoms with Crippen molar-refractivity contribution in [2.24, 2.45) is 0 Å². The van der Waals surface area contributed by atoms with E-state index in [-0.39, 0.29) is 22.3 Å². The summed E-state index contributed by atoms with van der Waals surface area (Å²) in [6, 6.07) is 10.7. The van der Waals surface area contributed by atoms with Crippen molar-refractivity contribution in [3.63, 3.8) is 0 Å². The Bertz CT molecular complexity index is 724. The minimum Gasteiger partial charge on any atom is -0.331 e. The van der Waals surface area contributed by atoms with Gasteiger partial charge in [0.1, 0.15) is 11.5 Å². The molecule has 2 aromatic rings. The maximum Gasteiger partial charge on any atom is 0.294 e. The highest BCUT2D eigenvalue weighted by Gasteiger charge is 2.12. The van der Waals surface area contributed by atoms with Crippen LogP contribution < -0.4 is 16.2 Å². The molecule has 0 spiro atoms. The summed E-state index contributed by atoms with van der Waals surface area (Å²) < 4.78 is 13.4. The number of aryl methyl sites for hydroxylation is 1. The first-order valence-corrected chi connectivity index (χ1v) is 6.71. The molecule has 0 aliphatic rings. The Morgan fingerprint density at radius 2 is 2.00 bits per heavy atom. The largest absolute Gasteiger partial charge is 0.331 e. The zero-order valence-corrected chi connectivity index (χ0v) is 12.4. The van der Waals surface area contributed by atoms with Crippen molar-refractivity contribution in [1.82, 2.24) is 5.43 Å². The molecule has 2 aromatic carbocycles. The number of thiocarbonyl (C=S) groups is 1. The molecule has 0 saturated carbocycles. The normalized spacial score (nSPS) is 9.91. The molecule has 0 radical (unpaired) electrons. The van der Waals surface area contributed by atoms with Crippen LogP contribution in [0.1, 0.15) is 5.56 Å². The van der Waals surface area contributed by atoms with Gasteiger partial charge in [-0.05, 0) is 42.9 Å². The Hall–Kier alpha value is -2.74. The molecule has 0 unspecified atom stereocenters. The zero-order valence-electron chi connectivity index (χ0n) is 11.6. The van der Waals surface area contributed by atoms with E-state index in [1.165, 1.54) is 12.1 Å². The van der Waals surface area contributed by atoms with Gasteiger partial charge in [-0.15, -0.1) is 0 Å². The summed E-state index contributed by atoms with van der Waals surface area (Å²) in [7, 11) is 0. The van der Waals surface area contributed by atoms with Gasteiger partial charge in [-0.1, -0.05) is 18.2 Å². The van der Waals surface area contributed by atoms with Gasteiger partial charge in [0.05, 0.1) is 4.92 Å². The second-order valence-corrected chi connectivity index (χ2v) is 4.85. The van der Waals surface area contributed by atoms with E-state index in [0.717, 1.165) is 0 Å². The molecule has 0 saturated heterocycles. The summed E-state index contributed by atoms with van der Waals surface area (Å²) in [4.78, 5) is 10.4. The first kappa shape index (κ1) is 15.6. The Morgan fingerprint density at radius 3 is 2.68 bits per heavy atom. The van der Waals surface area contributed by atoms with Gasteiger partial charge in [-0.25, -0.2) is 4.39 Å². The number of hydrazine groups is 1. The number of para-hydroxylation sites is 2. The first-order valence-electron chi connectivity index (χ1n) is 6.30. The van der Waals surface area contributed by atoms with Crippen LogP contribution in [0.4, 0.5) is 21.5 Å². The molecule has 114 valence electrons. The van der Waals surface area contributed by atoms with Gasteiger partial charge < -0.3 is 5.32 Å². The van der Waals surface area contributed by atoms with Crippen LogP contribution in [-0.4, -0.2) is 10.0 Å². The average molecular weight is 320 g/mol. The molecule has 3 N–H and O–H groups in total. The van der Waals surface area contributed by atoms with Gasteiger partial charge in [0, 0.05) is 11.8 Å². The molecule has 0 atom stereocenters. The number of hydrogen-bond acceptors (Lipinski definition) is 4. The van der Waals surface area contributed by atoms with Crippen molar-refractivity contribution < 1.29 is 9.31 Å². The number of rotatable bonds is 4.